The Morgan fingerprint density at radius 1 is 1.17 bits per heavy atom. The molecule has 0 atom stereocenters. The highest BCUT2D eigenvalue weighted by atomic mass is 35.5. The van der Waals surface area contributed by atoms with Crippen molar-refractivity contribution in [3.05, 3.63) is 46.5 Å². The van der Waals surface area contributed by atoms with E-state index in [2.05, 4.69) is 4.74 Å². The van der Waals surface area contributed by atoms with Crippen LogP contribution in [0.1, 0.15) is 20.7 Å². The molecule has 5 heteroatoms. The van der Waals surface area contributed by atoms with E-state index in [9.17, 15) is 9.59 Å². The summed E-state index contributed by atoms with van der Waals surface area (Å²) < 4.78 is 4.65. The molecule has 4 nitrogen and oxygen atoms in total. The van der Waals surface area contributed by atoms with Crippen molar-refractivity contribution in [3.63, 3.8) is 0 Å². The van der Waals surface area contributed by atoms with Crippen LogP contribution in [0.2, 0.25) is 5.02 Å². The van der Waals surface area contributed by atoms with Crippen molar-refractivity contribution < 1.29 is 19.4 Å². The second kappa shape index (κ2) is 4.66. The van der Waals surface area contributed by atoms with Crippen LogP contribution in [-0.4, -0.2) is 24.2 Å². The van der Waals surface area contributed by atoms with Crippen LogP contribution < -0.4 is 0 Å². The molecule has 0 aliphatic rings. The van der Waals surface area contributed by atoms with E-state index in [1.165, 1.54) is 19.2 Å². The van der Waals surface area contributed by atoms with E-state index in [1.54, 1.807) is 18.2 Å². The Morgan fingerprint density at radius 3 is 2.44 bits per heavy atom. The van der Waals surface area contributed by atoms with Crippen LogP contribution in [0.4, 0.5) is 0 Å². The molecular formula is C13H9ClO4. The first-order valence-electron chi connectivity index (χ1n) is 5.09. The Hall–Kier alpha value is -2.07. The molecule has 0 radical (unpaired) electrons. The van der Waals surface area contributed by atoms with Gasteiger partial charge in [-0.2, -0.15) is 0 Å². The molecule has 2 rings (SSSR count). The van der Waals surface area contributed by atoms with Crippen molar-refractivity contribution in [2.75, 3.05) is 7.11 Å². The van der Waals surface area contributed by atoms with E-state index >= 15 is 0 Å². The van der Waals surface area contributed by atoms with Crippen LogP contribution in [0.3, 0.4) is 0 Å². The summed E-state index contributed by atoms with van der Waals surface area (Å²) in [7, 11) is 1.26. The fourth-order valence-electron chi connectivity index (χ4n) is 1.83. The molecule has 2 aromatic carbocycles. The molecule has 1 N–H and O–H groups in total. The first-order valence-corrected chi connectivity index (χ1v) is 5.47. The summed E-state index contributed by atoms with van der Waals surface area (Å²) in [6.07, 6.45) is 0. The van der Waals surface area contributed by atoms with Gasteiger partial charge in [-0.3, -0.25) is 0 Å². The fraction of sp³-hybridized carbons (Fsp3) is 0.0769. The predicted octanol–water partition coefficient (Wildman–Crippen LogP) is 2.98. The maximum atomic E-state index is 11.6. The number of carboxylic acids is 1. The number of carbonyl (C=O) groups is 2. The predicted molar refractivity (Wildman–Crippen MR) is 67.3 cm³/mol. The third-order valence-electron chi connectivity index (χ3n) is 2.63. The lowest BCUT2D eigenvalue weighted by Crippen LogP contribution is -2.05. The number of fused-ring (bicyclic) bond motifs is 1. The number of halogens is 1. The summed E-state index contributed by atoms with van der Waals surface area (Å²) in [6.45, 7) is 0. The van der Waals surface area contributed by atoms with Crippen molar-refractivity contribution >= 4 is 34.3 Å². The van der Waals surface area contributed by atoms with Gasteiger partial charge >= 0.3 is 11.9 Å². The van der Waals surface area contributed by atoms with Gasteiger partial charge in [0.15, 0.2) is 0 Å². The standard InChI is InChI=1S/C13H9ClO4/c1-18-13(17)9-6-5-8(12(15)16)7-3-2-4-10(14)11(7)9/h2-6H,1H3,(H,15,16). The Kier molecular flexibility index (Phi) is 3.21. The fourth-order valence-corrected chi connectivity index (χ4v) is 2.10. The van der Waals surface area contributed by atoms with Gasteiger partial charge in [0.2, 0.25) is 0 Å². The molecule has 0 saturated heterocycles. The minimum Gasteiger partial charge on any atom is -0.478 e. The van der Waals surface area contributed by atoms with Gasteiger partial charge in [0.05, 0.1) is 18.2 Å². The summed E-state index contributed by atoms with van der Waals surface area (Å²) in [5.74, 6) is -1.62. The molecule has 0 spiro atoms. The number of methoxy groups -OCH3 is 1. The van der Waals surface area contributed by atoms with Crippen LogP contribution >= 0.6 is 11.6 Å². The van der Waals surface area contributed by atoms with Gasteiger partial charge < -0.3 is 9.84 Å². The highest BCUT2D eigenvalue weighted by Gasteiger charge is 2.17. The lowest BCUT2D eigenvalue weighted by atomic mass is 9.99. The molecule has 92 valence electrons. The van der Waals surface area contributed by atoms with E-state index in [1.807, 2.05) is 0 Å². The number of rotatable bonds is 2. The Morgan fingerprint density at radius 2 is 1.83 bits per heavy atom. The first-order chi connectivity index (χ1) is 8.56. The monoisotopic (exact) mass is 264 g/mol. The molecule has 0 amide bonds. The summed E-state index contributed by atoms with van der Waals surface area (Å²) in [5, 5.41) is 10.2. The largest absolute Gasteiger partial charge is 0.478 e. The van der Waals surface area contributed by atoms with E-state index in [0.717, 1.165) is 0 Å². The molecule has 0 bridgehead atoms. The topological polar surface area (TPSA) is 63.6 Å². The van der Waals surface area contributed by atoms with Crippen molar-refractivity contribution in [1.29, 1.82) is 0 Å². The number of carboxylic acid groups (broad SMARTS) is 1. The van der Waals surface area contributed by atoms with Gasteiger partial charge in [-0.05, 0) is 23.6 Å². The molecule has 0 heterocycles. The van der Waals surface area contributed by atoms with Gasteiger partial charge in [0.1, 0.15) is 0 Å². The van der Waals surface area contributed by atoms with E-state index in [4.69, 9.17) is 16.7 Å². The molecule has 0 aliphatic carbocycles. The van der Waals surface area contributed by atoms with Crippen LogP contribution in [0, 0.1) is 0 Å². The number of hydrogen-bond donors (Lipinski definition) is 1. The van der Waals surface area contributed by atoms with E-state index in [-0.39, 0.29) is 11.1 Å². The second-order valence-electron chi connectivity index (χ2n) is 3.62. The highest BCUT2D eigenvalue weighted by Crippen LogP contribution is 2.30. The Bertz CT molecular complexity index is 649. The highest BCUT2D eigenvalue weighted by molar-refractivity contribution is 6.37. The second-order valence-corrected chi connectivity index (χ2v) is 4.03. The molecule has 18 heavy (non-hydrogen) atoms. The molecule has 0 saturated carbocycles. The zero-order chi connectivity index (χ0) is 13.3. The van der Waals surface area contributed by atoms with Crippen LogP contribution in [-0.2, 0) is 4.74 Å². The normalized spacial score (nSPS) is 10.3. The first kappa shape index (κ1) is 12.4. The third-order valence-corrected chi connectivity index (χ3v) is 2.94. The Labute approximate surface area is 108 Å². The molecule has 0 aromatic heterocycles. The quantitative estimate of drug-likeness (QED) is 0.847. The van der Waals surface area contributed by atoms with Crippen molar-refractivity contribution in [2.45, 2.75) is 0 Å². The number of esters is 1. The summed E-state index contributed by atoms with van der Waals surface area (Å²) in [5.41, 5.74) is 0.350. The zero-order valence-corrected chi connectivity index (χ0v) is 10.2. The van der Waals surface area contributed by atoms with Gasteiger partial charge in [0.25, 0.3) is 0 Å². The molecular weight excluding hydrogens is 256 g/mol. The van der Waals surface area contributed by atoms with E-state index < -0.39 is 11.9 Å². The lowest BCUT2D eigenvalue weighted by Gasteiger charge is -2.09. The number of ether oxygens (including phenoxy) is 1. The molecule has 2 aromatic rings. The van der Waals surface area contributed by atoms with Gasteiger partial charge in [-0.15, -0.1) is 0 Å². The van der Waals surface area contributed by atoms with Crippen molar-refractivity contribution in [2.24, 2.45) is 0 Å². The average Bonchev–Trinajstić information content (AvgIpc) is 2.36. The van der Waals surface area contributed by atoms with Crippen molar-refractivity contribution in [1.82, 2.24) is 0 Å². The summed E-state index contributed by atoms with van der Waals surface area (Å²) >= 11 is 6.04. The molecule has 0 aliphatic heterocycles. The number of hydrogen-bond acceptors (Lipinski definition) is 3. The Balaban J connectivity index is 2.89. The minimum absolute atomic E-state index is 0.0974. The smallest absolute Gasteiger partial charge is 0.338 e. The van der Waals surface area contributed by atoms with Crippen molar-refractivity contribution in [3.8, 4) is 0 Å². The number of aromatic carboxylic acids is 1. The average molecular weight is 265 g/mol. The minimum atomic E-state index is -1.07. The SMILES string of the molecule is COC(=O)c1ccc(C(=O)O)c2cccc(Cl)c12. The zero-order valence-electron chi connectivity index (χ0n) is 9.44. The maximum Gasteiger partial charge on any atom is 0.338 e. The molecule has 0 fully saturated rings. The van der Waals surface area contributed by atoms with Gasteiger partial charge in [-0.25, -0.2) is 9.59 Å². The number of benzene rings is 2. The summed E-state index contributed by atoms with van der Waals surface area (Å²) in [4.78, 5) is 22.8. The lowest BCUT2D eigenvalue weighted by molar-refractivity contribution is 0.0601. The third kappa shape index (κ3) is 1.91. The maximum absolute atomic E-state index is 11.6. The van der Waals surface area contributed by atoms with Gasteiger partial charge in [0, 0.05) is 10.4 Å². The number of carbonyl (C=O) groups excluding carboxylic acids is 1. The van der Waals surface area contributed by atoms with Crippen LogP contribution in [0.25, 0.3) is 10.8 Å². The molecule has 0 unspecified atom stereocenters. The van der Waals surface area contributed by atoms with Crippen LogP contribution in [0.15, 0.2) is 30.3 Å². The van der Waals surface area contributed by atoms with Gasteiger partial charge in [-0.1, -0.05) is 23.7 Å². The van der Waals surface area contributed by atoms with E-state index in [0.29, 0.717) is 15.8 Å². The summed E-state index contributed by atoms with van der Waals surface area (Å²) in [6, 6.07) is 7.62. The van der Waals surface area contributed by atoms with Crippen LogP contribution in [0.5, 0.6) is 0 Å².